The average molecular weight is 391 g/mol. The second kappa shape index (κ2) is 5.95. The van der Waals surface area contributed by atoms with Gasteiger partial charge in [-0.05, 0) is 0 Å². The highest BCUT2D eigenvalue weighted by molar-refractivity contribution is 5.45. The lowest BCUT2D eigenvalue weighted by Crippen LogP contribution is -2.35. The van der Waals surface area contributed by atoms with Gasteiger partial charge in [-0.2, -0.15) is 40.1 Å². The molecule has 0 atom stereocenters. The molecule has 2 aromatic heterocycles. The van der Waals surface area contributed by atoms with Gasteiger partial charge in [0.2, 0.25) is 0 Å². The first-order valence-corrected chi connectivity index (χ1v) is 7.07. The van der Waals surface area contributed by atoms with Crippen molar-refractivity contribution >= 4 is 5.65 Å². The van der Waals surface area contributed by atoms with Crippen molar-refractivity contribution in [2.75, 3.05) is 6.61 Å². The molecule has 0 N–H and O–H groups in total. The zero-order valence-electron chi connectivity index (χ0n) is 13.6. The van der Waals surface area contributed by atoms with Crippen LogP contribution < -0.4 is 4.74 Å². The Morgan fingerprint density at radius 1 is 0.923 bits per heavy atom. The van der Waals surface area contributed by atoms with E-state index in [1.54, 1.807) is 20.8 Å². The Morgan fingerprint density at radius 2 is 1.50 bits per heavy atom. The van der Waals surface area contributed by atoms with Gasteiger partial charge in [0.1, 0.15) is 11.3 Å². The molecule has 0 saturated carbocycles. The van der Waals surface area contributed by atoms with Gasteiger partial charge in [-0.15, -0.1) is 0 Å². The highest BCUT2D eigenvalue weighted by atomic mass is 19.4. The second-order valence-corrected chi connectivity index (χ2v) is 6.50. The predicted molar refractivity (Wildman–Crippen MR) is 73.2 cm³/mol. The van der Waals surface area contributed by atoms with Crippen LogP contribution in [0.3, 0.4) is 0 Å². The summed E-state index contributed by atoms with van der Waals surface area (Å²) in [7, 11) is 0. The number of halogens is 8. The molecule has 0 aliphatic rings. The number of imidazole rings is 1. The molecule has 0 bridgehead atoms. The first-order valence-electron chi connectivity index (χ1n) is 7.07. The molecular formula is C14H13F8N3O. The van der Waals surface area contributed by atoms with E-state index >= 15 is 0 Å². The summed E-state index contributed by atoms with van der Waals surface area (Å²) in [6, 6.07) is -0.704. The van der Waals surface area contributed by atoms with Crippen molar-refractivity contribution in [2.45, 2.75) is 44.5 Å². The molecule has 0 aliphatic heterocycles. The van der Waals surface area contributed by atoms with E-state index < -0.39 is 47.6 Å². The van der Waals surface area contributed by atoms with Crippen LogP contribution in [0.1, 0.15) is 32.2 Å². The molecule has 0 amide bonds. The van der Waals surface area contributed by atoms with E-state index in [9.17, 15) is 35.1 Å². The highest BCUT2D eigenvalue weighted by Crippen LogP contribution is 2.44. The summed E-state index contributed by atoms with van der Waals surface area (Å²) in [5.41, 5.74) is -2.66. The van der Waals surface area contributed by atoms with Gasteiger partial charge in [0.15, 0.2) is 6.61 Å². The molecule has 0 radical (unpaired) electrons. The van der Waals surface area contributed by atoms with Crippen LogP contribution in [-0.2, 0) is 11.3 Å². The summed E-state index contributed by atoms with van der Waals surface area (Å²) in [4.78, 5) is 6.87. The predicted octanol–water partition coefficient (Wildman–Crippen LogP) is 4.62. The van der Waals surface area contributed by atoms with E-state index in [1.165, 1.54) is 6.20 Å². The van der Waals surface area contributed by atoms with Gasteiger partial charge < -0.3 is 4.74 Å². The van der Waals surface area contributed by atoms with Gasteiger partial charge in [-0.3, -0.25) is 4.40 Å². The monoisotopic (exact) mass is 391 g/mol. The minimum atomic E-state index is -5.99. The fourth-order valence-electron chi connectivity index (χ4n) is 1.88. The summed E-state index contributed by atoms with van der Waals surface area (Å²) in [5.74, 6) is -5.39. The molecule has 12 heteroatoms. The number of hydrogen-bond acceptors (Lipinski definition) is 3. The van der Waals surface area contributed by atoms with Gasteiger partial charge in [-0.25, -0.2) is 4.98 Å². The zero-order valence-corrected chi connectivity index (χ0v) is 13.6. The van der Waals surface area contributed by atoms with Gasteiger partial charge >= 0.3 is 24.3 Å². The van der Waals surface area contributed by atoms with Crippen molar-refractivity contribution in [1.29, 1.82) is 0 Å². The number of aromatic nitrogens is 3. The minimum absolute atomic E-state index is 0.239. The third-order valence-corrected chi connectivity index (χ3v) is 3.23. The van der Waals surface area contributed by atoms with Crippen LogP contribution in [-0.4, -0.2) is 33.3 Å². The quantitative estimate of drug-likeness (QED) is 0.717. The Labute approximate surface area is 141 Å². The lowest BCUT2D eigenvalue weighted by molar-refractivity contribution is -0.291. The molecule has 0 unspecified atom stereocenters. The van der Waals surface area contributed by atoms with Gasteiger partial charge in [-0.1, -0.05) is 20.8 Å². The van der Waals surface area contributed by atoms with Crippen molar-refractivity contribution in [2.24, 2.45) is 0 Å². The lowest BCUT2D eigenvalue weighted by Gasteiger charge is -2.20. The van der Waals surface area contributed by atoms with Crippen molar-refractivity contribution in [1.82, 2.24) is 14.4 Å². The fourth-order valence-corrected chi connectivity index (χ4v) is 1.88. The van der Waals surface area contributed by atoms with Crippen molar-refractivity contribution < 1.29 is 39.9 Å². The van der Waals surface area contributed by atoms with Crippen LogP contribution in [0.5, 0.6) is 6.01 Å². The molecule has 0 saturated heterocycles. The van der Waals surface area contributed by atoms with E-state index in [0.29, 0.717) is 6.07 Å². The standard InChI is InChI=1S/C14H13F8N3O/c1-11(2,3)8-5-25-9(23-8)4-7(13(18,19)14(20,21)22)24-10(25)26-6-12(15,16)17/h4-5H,6H2,1-3H3. The van der Waals surface area contributed by atoms with Crippen LogP contribution in [0.2, 0.25) is 0 Å². The number of ether oxygens (including phenoxy) is 1. The molecule has 0 aromatic carbocycles. The van der Waals surface area contributed by atoms with E-state index in [1.807, 2.05) is 0 Å². The molecule has 0 fully saturated rings. The van der Waals surface area contributed by atoms with E-state index in [-0.39, 0.29) is 5.69 Å². The topological polar surface area (TPSA) is 39.4 Å². The summed E-state index contributed by atoms with van der Waals surface area (Å²) in [5, 5.41) is 0. The summed E-state index contributed by atoms with van der Waals surface area (Å²) >= 11 is 0. The Balaban J connectivity index is 2.66. The molecular weight excluding hydrogens is 378 g/mol. The Bertz CT molecular complexity index is 801. The van der Waals surface area contributed by atoms with Crippen LogP contribution in [0.4, 0.5) is 35.1 Å². The van der Waals surface area contributed by atoms with Crippen molar-refractivity contribution in [3.05, 3.63) is 23.7 Å². The van der Waals surface area contributed by atoms with Crippen LogP contribution >= 0.6 is 0 Å². The molecule has 146 valence electrons. The molecule has 4 nitrogen and oxygen atoms in total. The maximum absolute atomic E-state index is 13.6. The normalized spacial score (nSPS) is 14.1. The maximum Gasteiger partial charge on any atom is 0.459 e. The van der Waals surface area contributed by atoms with Crippen molar-refractivity contribution in [3.8, 4) is 6.01 Å². The molecule has 0 spiro atoms. The highest BCUT2D eigenvalue weighted by Gasteiger charge is 2.60. The zero-order chi connectivity index (χ0) is 20.1. The molecule has 2 rings (SSSR count). The number of hydrogen-bond donors (Lipinski definition) is 0. The van der Waals surface area contributed by atoms with E-state index in [4.69, 9.17) is 0 Å². The molecule has 2 aromatic rings. The first kappa shape index (κ1) is 20.2. The van der Waals surface area contributed by atoms with Crippen molar-refractivity contribution in [3.63, 3.8) is 0 Å². The van der Waals surface area contributed by atoms with Crippen LogP contribution in [0, 0.1) is 0 Å². The smallest absolute Gasteiger partial charge is 0.455 e. The number of alkyl halides is 8. The molecule has 2 heterocycles. The third kappa shape index (κ3) is 3.98. The first-order chi connectivity index (χ1) is 11.5. The molecule has 0 aliphatic carbocycles. The van der Waals surface area contributed by atoms with Gasteiger partial charge in [0.05, 0.1) is 5.69 Å². The summed E-state index contributed by atoms with van der Waals surface area (Å²) < 4.78 is 107. The lowest BCUT2D eigenvalue weighted by atomic mass is 9.93. The number of rotatable bonds is 3. The Morgan fingerprint density at radius 3 is 1.96 bits per heavy atom. The van der Waals surface area contributed by atoms with Crippen LogP contribution in [0.15, 0.2) is 12.3 Å². The maximum atomic E-state index is 13.6. The van der Waals surface area contributed by atoms with Crippen LogP contribution in [0.25, 0.3) is 5.65 Å². The largest absolute Gasteiger partial charge is 0.459 e. The number of nitrogens with zero attached hydrogens (tertiary/aromatic N) is 3. The Kier molecular flexibility index (Phi) is 4.61. The second-order valence-electron chi connectivity index (χ2n) is 6.50. The minimum Gasteiger partial charge on any atom is -0.455 e. The summed E-state index contributed by atoms with van der Waals surface area (Å²) in [6.07, 6.45) is -9.66. The molecule has 26 heavy (non-hydrogen) atoms. The fraction of sp³-hybridized carbons (Fsp3) is 0.571. The van der Waals surface area contributed by atoms with Gasteiger partial charge in [0, 0.05) is 17.7 Å². The number of fused-ring (bicyclic) bond motifs is 1. The van der Waals surface area contributed by atoms with Gasteiger partial charge in [0.25, 0.3) is 0 Å². The average Bonchev–Trinajstić information content (AvgIpc) is 2.86. The van der Waals surface area contributed by atoms with E-state index in [0.717, 1.165) is 4.40 Å². The van der Waals surface area contributed by atoms with E-state index in [2.05, 4.69) is 14.7 Å². The summed E-state index contributed by atoms with van der Waals surface area (Å²) in [6.45, 7) is 3.09. The SMILES string of the molecule is CC(C)(C)c1cn2c(OCC(F)(F)F)nc(C(F)(F)C(F)(F)F)cc2n1. The third-order valence-electron chi connectivity index (χ3n) is 3.23. The Hall–Kier alpha value is -2.14.